The number of anilines is 1. The average molecular weight is 333 g/mol. The van der Waals surface area contributed by atoms with Gasteiger partial charge in [-0.15, -0.1) is 0 Å². The maximum Gasteiger partial charge on any atom is 0.207 e. The van der Waals surface area contributed by atoms with Crippen LogP contribution in [-0.4, -0.2) is 21.6 Å². The molecule has 0 unspecified atom stereocenters. The fourth-order valence-electron chi connectivity index (χ4n) is 2.20. The summed E-state index contributed by atoms with van der Waals surface area (Å²) in [5.41, 5.74) is 9.51. The Morgan fingerprint density at radius 2 is 2.15 bits per heavy atom. The van der Waals surface area contributed by atoms with E-state index in [1.807, 2.05) is 34.9 Å². The summed E-state index contributed by atoms with van der Waals surface area (Å²) in [5.74, 6) is 0.411. The average Bonchev–Trinajstić information content (AvgIpc) is 2.75. The molecule has 6 heteroatoms. The van der Waals surface area contributed by atoms with Crippen molar-refractivity contribution < 1.29 is 4.74 Å². The van der Waals surface area contributed by atoms with E-state index in [-0.39, 0.29) is 0 Å². The van der Waals surface area contributed by atoms with E-state index in [4.69, 9.17) is 10.5 Å². The van der Waals surface area contributed by atoms with Crippen LogP contribution in [0.1, 0.15) is 5.56 Å². The zero-order valence-corrected chi connectivity index (χ0v) is 12.5. The number of fused-ring (bicyclic) bond motifs is 1. The summed E-state index contributed by atoms with van der Waals surface area (Å²) in [5, 5.41) is 0. The molecule has 3 rings (SSSR count). The molecule has 0 amide bonds. The summed E-state index contributed by atoms with van der Waals surface area (Å²) in [4.78, 5) is 8.77. The smallest absolute Gasteiger partial charge is 0.207 e. The summed E-state index contributed by atoms with van der Waals surface area (Å²) in [7, 11) is 1.67. The van der Waals surface area contributed by atoms with Crippen LogP contribution >= 0.6 is 15.9 Å². The first-order valence-corrected chi connectivity index (χ1v) is 6.86. The minimum Gasteiger partial charge on any atom is -0.380 e. The summed E-state index contributed by atoms with van der Waals surface area (Å²) in [6, 6.07) is 9.81. The predicted molar refractivity (Wildman–Crippen MR) is 81.7 cm³/mol. The molecule has 0 saturated heterocycles. The van der Waals surface area contributed by atoms with Crippen LogP contribution in [0.25, 0.3) is 16.9 Å². The summed E-state index contributed by atoms with van der Waals surface area (Å²) < 4.78 is 7.95. The lowest BCUT2D eigenvalue weighted by Gasteiger charge is -2.11. The van der Waals surface area contributed by atoms with Crippen molar-refractivity contribution in [1.29, 1.82) is 0 Å². The van der Waals surface area contributed by atoms with Gasteiger partial charge in [0.25, 0.3) is 0 Å². The second kappa shape index (κ2) is 5.22. The number of aromatic nitrogens is 3. The number of nitrogen functional groups attached to an aromatic ring is 1. The van der Waals surface area contributed by atoms with Crippen LogP contribution in [0.3, 0.4) is 0 Å². The molecular formula is C14H13BrN4O. The van der Waals surface area contributed by atoms with Gasteiger partial charge in [0.2, 0.25) is 5.95 Å². The standard InChI is InChI=1S/C14H13BrN4O/c1-20-8-9-4-2-3-5-12(9)19-13-11(18-14(19)16)6-10(15)7-17-13/h2-7H,8H2,1H3,(H2,16,18). The Kier molecular flexibility index (Phi) is 3.42. The molecule has 0 aliphatic rings. The van der Waals surface area contributed by atoms with Crippen molar-refractivity contribution in [3.63, 3.8) is 0 Å². The van der Waals surface area contributed by atoms with Crippen molar-refractivity contribution >= 4 is 33.0 Å². The number of halogens is 1. The third-order valence-corrected chi connectivity index (χ3v) is 3.46. The summed E-state index contributed by atoms with van der Waals surface area (Å²) in [6.45, 7) is 0.506. The van der Waals surface area contributed by atoms with Gasteiger partial charge in [0.1, 0.15) is 5.52 Å². The molecule has 5 nitrogen and oxygen atoms in total. The first kappa shape index (κ1) is 13.1. The molecule has 0 aliphatic heterocycles. The molecule has 2 aromatic heterocycles. The van der Waals surface area contributed by atoms with Gasteiger partial charge in [0.15, 0.2) is 5.65 Å². The van der Waals surface area contributed by atoms with Crippen LogP contribution in [0.2, 0.25) is 0 Å². The maximum absolute atomic E-state index is 6.06. The molecule has 0 radical (unpaired) electrons. The Morgan fingerprint density at radius 3 is 2.95 bits per heavy atom. The Bertz CT molecular complexity index is 769. The van der Waals surface area contributed by atoms with E-state index in [0.717, 1.165) is 26.9 Å². The van der Waals surface area contributed by atoms with Crippen LogP contribution in [0.5, 0.6) is 0 Å². The van der Waals surface area contributed by atoms with Gasteiger partial charge in [-0.1, -0.05) is 18.2 Å². The predicted octanol–water partition coefficient (Wildman–Crippen LogP) is 2.91. The number of benzene rings is 1. The molecule has 0 spiro atoms. The molecule has 0 atom stereocenters. The molecule has 20 heavy (non-hydrogen) atoms. The zero-order chi connectivity index (χ0) is 14.1. The molecule has 0 aliphatic carbocycles. The number of pyridine rings is 1. The monoisotopic (exact) mass is 332 g/mol. The fourth-order valence-corrected chi connectivity index (χ4v) is 2.52. The Labute approximate surface area is 124 Å². The summed E-state index contributed by atoms with van der Waals surface area (Å²) >= 11 is 3.39. The van der Waals surface area contributed by atoms with Crippen molar-refractivity contribution in [2.45, 2.75) is 6.61 Å². The minimum atomic E-state index is 0.411. The zero-order valence-electron chi connectivity index (χ0n) is 10.9. The highest BCUT2D eigenvalue weighted by atomic mass is 79.9. The van der Waals surface area contributed by atoms with Crippen LogP contribution < -0.4 is 5.73 Å². The van der Waals surface area contributed by atoms with Gasteiger partial charge in [0.05, 0.1) is 12.3 Å². The van der Waals surface area contributed by atoms with Crippen molar-refractivity contribution in [2.24, 2.45) is 0 Å². The van der Waals surface area contributed by atoms with E-state index in [1.54, 1.807) is 13.3 Å². The first-order valence-electron chi connectivity index (χ1n) is 6.07. The quantitative estimate of drug-likeness (QED) is 0.800. The van der Waals surface area contributed by atoms with Gasteiger partial charge in [-0.25, -0.2) is 9.97 Å². The van der Waals surface area contributed by atoms with E-state index < -0.39 is 0 Å². The third kappa shape index (κ3) is 2.17. The molecule has 2 heterocycles. The van der Waals surface area contributed by atoms with Crippen LogP contribution in [-0.2, 0) is 11.3 Å². The number of hydrogen-bond acceptors (Lipinski definition) is 4. The topological polar surface area (TPSA) is 66.0 Å². The minimum absolute atomic E-state index is 0.411. The van der Waals surface area contributed by atoms with Crippen LogP contribution in [0, 0.1) is 0 Å². The van der Waals surface area contributed by atoms with Crippen LogP contribution in [0.4, 0.5) is 5.95 Å². The number of hydrogen-bond donors (Lipinski definition) is 1. The van der Waals surface area contributed by atoms with Crippen molar-refractivity contribution in [3.05, 3.63) is 46.6 Å². The third-order valence-electron chi connectivity index (χ3n) is 3.02. The van der Waals surface area contributed by atoms with Crippen molar-refractivity contribution in [1.82, 2.24) is 14.5 Å². The Morgan fingerprint density at radius 1 is 1.35 bits per heavy atom. The first-order chi connectivity index (χ1) is 9.70. The Hall–Kier alpha value is -1.92. The van der Waals surface area contributed by atoms with Crippen molar-refractivity contribution in [3.8, 4) is 5.69 Å². The number of methoxy groups -OCH3 is 1. The van der Waals surface area contributed by atoms with Gasteiger partial charge in [-0.05, 0) is 28.1 Å². The van der Waals surface area contributed by atoms with Crippen molar-refractivity contribution in [2.75, 3.05) is 12.8 Å². The molecule has 1 aromatic carbocycles. The lowest BCUT2D eigenvalue weighted by atomic mass is 10.2. The molecule has 0 fully saturated rings. The molecule has 2 N–H and O–H groups in total. The number of rotatable bonds is 3. The van der Waals surface area contributed by atoms with Gasteiger partial charge in [0, 0.05) is 23.3 Å². The fraction of sp³-hybridized carbons (Fsp3) is 0.143. The molecule has 0 bridgehead atoms. The largest absolute Gasteiger partial charge is 0.380 e. The molecule has 3 aromatic rings. The number of nitrogens with zero attached hydrogens (tertiary/aromatic N) is 3. The lowest BCUT2D eigenvalue weighted by molar-refractivity contribution is 0.185. The van der Waals surface area contributed by atoms with Gasteiger partial charge in [-0.2, -0.15) is 0 Å². The SMILES string of the molecule is COCc1ccccc1-n1c(N)nc2cc(Br)cnc21. The van der Waals surface area contributed by atoms with Gasteiger partial charge >= 0.3 is 0 Å². The highest BCUT2D eigenvalue weighted by molar-refractivity contribution is 9.10. The van der Waals surface area contributed by atoms with Crippen LogP contribution in [0.15, 0.2) is 41.0 Å². The van der Waals surface area contributed by atoms with E-state index in [1.165, 1.54) is 0 Å². The number of nitrogens with two attached hydrogens (primary N) is 1. The lowest BCUT2D eigenvalue weighted by Crippen LogP contribution is -2.05. The second-order valence-corrected chi connectivity index (χ2v) is 5.28. The van der Waals surface area contributed by atoms with Gasteiger partial charge in [-0.3, -0.25) is 4.57 Å². The molecule has 102 valence electrons. The number of imidazole rings is 1. The second-order valence-electron chi connectivity index (χ2n) is 4.36. The maximum atomic E-state index is 6.06. The van der Waals surface area contributed by atoms with Gasteiger partial charge < -0.3 is 10.5 Å². The number of para-hydroxylation sites is 1. The molecular weight excluding hydrogens is 320 g/mol. The summed E-state index contributed by atoms with van der Waals surface area (Å²) in [6.07, 6.45) is 1.74. The highest BCUT2D eigenvalue weighted by Gasteiger charge is 2.14. The highest BCUT2D eigenvalue weighted by Crippen LogP contribution is 2.25. The normalized spacial score (nSPS) is 11.1. The van der Waals surface area contributed by atoms with E-state index in [0.29, 0.717) is 12.6 Å². The number of ether oxygens (including phenoxy) is 1. The van der Waals surface area contributed by atoms with E-state index in [9.17, 15) is 0 Å². The Balaban J connectivity index is 2.27. The van der Waals surface area contributed by atoms with E-state index in [2.05, 4.69) is 25.9 Å². The molecule has 0 saturated carbocycles. The van der Waals surface area contributed by atoms with E-state index >= 15 is 0 Å².